The third-order valence-electron chi connectivity index (χ3n) is 7.72. The molecule has 1 saturated heterocycles. The van der Waals surface area contributed by atoms with E-state index >= 15 is 0 Å². The number of nitrogens with one attached hydrogen (secondary N) is 1. The zero-order chi connectivity index (χ0) is 25.7. The topological polar surface area (TPSA) is 96.0 Å². The van der Waals surface area contributed by atoms with E-state index in [2.05, 4.69) is 5.32 Å². The van der Waals surface area contributed by atoms with Crippen LogP contribution in [0.25, 0.3) is 0 Å². The van der Waals surface area contributed by atoms with Crippen LogP contribution in [0.4, 0.5) is 0 Å². The molecular weight excluding hydrogens is 458 g/mol. The second-order valence-corrected chi connectivity index (χ2v) is 10.0. The first-order valence-electron chi connectivity index (χ1n) is 13.2. The Hall–Kier alpha value is -3.16. The van der Waals surface area contributed by atoms with Crippen LogP contribution in [0.3, 0.4) is 0 Å². The highest BCUT2D eigenvalue weighted by Crippen LogP contribution is 2.35. The number of hydrogen-bond donors (Lipinski definition) is 1. The molecule has 0 unspecified atom stereocenters. The highest BCUT2D eigenvalue weighted by Gasteiger charge is 2.47. The first-order chi connectivity index (χ1) is 17.4. The van der Waals surface area contributed by atoms with Crippen LogP contribution >= 0.6 is 0 Å². The summed E-state index contributed by atoms with van der Waals surface area (Å²) >= 11 is 0. The van der Waals surface area contributed by atoms with Crippen LogP contribution < -0.4 is 10.1 Å². The van der Waals surface area contributed by atoms with Crippen LogP contribution in [0.15, 0.2) is 36.4 Å². The Morgan fingerprint density at radius 2 is 1.78 bits per heavy atom. The lowest BCUT2D eigenvalue weighted by Gasteiger charge is -2.32. The third-order valence-corrected chi connectivity index (χ3v) is 7.72. The number of fused-ring (bicyclic) bond motifs is 1. The maximum absolute atomic E-state index is 13.6. The van der Waals surface area contributed by atoms with Gasteiger partial charge in [0.1, 0.15) is 11.8 Å². The van der Waals surface area contributed by atoms with Gasteiger partial charge in [0, 0.05) is 25.6 Å². The van der Waals surface area contributed by atoms with Crippen molar-refractivity contribution in [1.29, 1.82) is 0 Å². The number of allylic oxidation sites excluding steroid dienone is 2. The van der Waals surface area contributed by atoms with Crippen molar-refractivity contribution < 1.29 is 23.9 Å². The summed E-state index contributed by atoms with van der Waals surface area (Å²) in [5, 5.41) is 3.14. The van der Waals surface area contributed by atoms with Gasteiger partial charge in [-0.2, -0.15) is 0 Å². The van der Waals surface area contributed by atoms with Gasteiger partial charge in [0.05, 0.1) is 18.9 Å². The lowest BCUT2D eigenvalue weighted by atomic mass is 9.85. The molecule has 3 aliphatic rings. The molecule has 1 aromatic rings. The number of hydrogen-bond acceptors (Lipinski definition) is 5. The molecule has 0 aromatic heterocycles. The predicted octanol–water partition coefficient (Wildman–Crippen LogP) is 3.20. The van der Waals surface area contributed by atoms with Crippen LogP contribution in [0.1, 0.15) is 63.9 Å². The molecule has 3 atom stereocenters. The van der Waals surface area contributed by atoms with Crippen LogP contribution in [-0.2, 0) is 25.7 Å². The summed E-state index contributed by atoms with van der Waals surface area (Å²) in [6.45, 7) is 2.18. The number of benzene rings is 1. The van der Waals surface area contributed by atoms with E-state index in [1.165, 1.54) is 4.90 Å². The molecule has 1 aromatic carbocycles. The van der Waals surface area contributed by atoms with Gasteiger partial charge in [-0.25, -0.2) is 0 Å². The summed E-state index contributed by atoms with van der Waals surface area (Å²) in [5.74, 6) is -0.726. The number of amides is 4. The molecule has 0 radical (unpaired) electrons. The number of carbonyl (C=O) groups excluding carboxylic acids is 4. The van der Waals surface area contributed by atoms with Gasteiger partial charge in [-0.1, -0.05) is 44.1 Å². The fourth-order valence-electron chi connectivity index (χ4n) is 5.69. The fraction of sp³-hybridized carbons (Fsp3) is 0.571. The molecule has 0 spiro atoms. The highest BCUT2D eigenvalue weighted by atomic mass is 16.5. The van der Waals surface area contributed by atoms with Crippen LogP contribution in [0, 0.1) is 11.8 Å². The number of nitrogens with zero attached hydrogens (tertiary/aromatic N) is 2. The lowest BCUT2D eigenvalue weighted by Crippen LogP contribution is -2.51. The summed E-state index contributed by atoms with van der Waals surface area (Å²) in [4.78, 5) is 55.4. The van der Waals surface area contributed by atoms with Crippen molar-refractivity contribution in [2.45, 2.75) is 76.9 Å². The monoisotopic (exact) mass is 495 g/mol. The minimum atomic E-state index is -0.638. The van der Waals surface area contributed by atoms with Gasteiger partial charge in [-0.3, -0.25) is 24.1 Å². The third kappa shape index (κ3) is 5.63. The van der Waals surface area contributed by atoms with Gasteiger partial charge in [0.25, 0.3) is 0 Å². The van der Waals surface area contributed by atoms with Gasteiger partial charge < -0.3 is 15.0 Å². The normalized spacial score (nSPS) is 22.4. The highest BCUT2D eigenvalue weighted by molar-refractivity contribution is 6.05. The molecule has 1 saturated carbocycles. The summed E-state index contributed by atoms with van der Waals surface area (Å²) in [6.07, 6.45) is 9.62. The quantitative estimate of drug-likeness (QED) is 0.397. The summed E-state index contributed by atoms with van der Waals surface area (Å²) in [6, 6.07) is 6.95. The van der Waals surface area contributed by atoms with Gasteiger partial charge in [0.2, 0.25) is 23.6 Å². The minimum absolute atomic E-state index is 0.0124. The average Bonchev–Trinajstić information content (AvgIpc) is 3.49. The molecule has 1 N–H and O–H groups in total. The second-order valence-electron chi connectivity index (χ2n) is 10.0. The van der Waals surface area contributed by atoms with E-state index < -0.39 is 6.04 Å². The molecule has 36 heavy (non-hydrogen) atoms. The van der Waals surface area contributed by atoms with Crippen molar-refractivity contribution in [2.75, 3.05) is 13.7 Å². The van der Waals surface area contributed by atoms with E-state index in [1.807, 2.05) is 43.3 Å². The zero-order valence-corrected chi connectivity index (χ0v) is 21.3. The van der Waals surface area contributed by atoms with Crippen molar-refractivity contribution in [1.82, 2.24) is 15.1 Å². The standard InChI is InChI=1S/C28H37N3O5/c1-3-24(26(33)29-20-10-4-5-11-20)31(18-19-9-8-12-21(17-19)36-2)25(32)15-16-30-27(34)22-13-6-7-14-23(22)28(30)35/h6-9,12,17,20,22-24H,3-5,10-11,13-16,18H2,1-2H3,(H,29,33)/t22-,23+,24-/m0/s1. The first kappa shape index (κ1) is 25.9. The lowest BCUT2D eigenvalue weighted by molar-refractivity contribution is -0.144. The number of carbonyl (C=O) groups is 4. The van der Waals surface area contributed by atoms with E-state index in [4.69, 9.17) is 4.74 Å². The number of ether oxygens (including phenoxy) is 1. The smallest absolute Gasteiger partial charge is 0.243 e. The molecule has 8 heteroatoms. The summed E-state index contributed by atoms with van der Waals surface area (Å²) in [7, 11) is 1.59. The molecule has 194 valence electrons. The average molecular weight is 496 g/mol. The van der Waals surface area contributed by atoms with Crippen LogP contribution in [0.2, 0.25) is 0 Å². The van der Waals surface area contributed by atoms with Gasteiger partial charge in [-0.05, 0) is 49.8 Å². The molecule has 8 nitrogen and oxygen atoms in total. The molecule has 1 aliphatic heterocycles. The predicted molar refractivity (Wildman–Crippen MR) is 135 cm³/mol. The van der Waals surface area contributed by atoms with Crippen molar-refractivity contribution in [3.8, 4) is 5.75 Å². The Morgan fingerprint density at radius 1 is 1.11 bits per heavy atom. The van der Waals surface area contributed by atoms with E-state index in [0.29, 0.717) is 25.0 Å². The first-order valence-corrected chi connectivity index (χ1v) is 13.2. The molecular formula is C28H37N3O5. The largest absolute Gasteiger partial charge is 0.497 e. The molecule has 4 amide bonds. The minimum Gasteiger partial charge on any atom is -0.497 e. The Bertz CT molecular complexity index is 990. The fourth-order valence-corrected chi connectivity index (χ4v) is 5.69. The molecule has 2 fully saturated rings. The Kier molecular flexibility index (Phi) is 8.44. The van der Waals surface area contributed by atoms with Gasteiger partial charge >= 0.3 is 0 Å². The van der Waals surface area contributed by atoms with Crippen LogP contribution in [-0.4, -0.2) is 59.2 Å². The Morgan fingerprint density at radius 3 is 2.39 bits per heavy atom. The van der Waals surface area contributed by atoms with E-state index in [1.54, 1.807) is 12.0 Å². The second kappa shape index (κ2) is 11.7. The van der Waals surface area contributed by atoms with E-state index in [9.17, 15) is 19.2 Å². The van der Waals surface area contributed by atoms with Gasteiger partial charge in [-0.15, -0.1) is 0 Å². The van der Waals surface area contributed by atoms with Crippen molar-refractivity contribution in [3.63, 3.8) is 0 Å². The maximum atomic E-state index is 13.6. The van der Waals surface area contributed by atoms with Gasteiger partial charge in [0.15, 0.2) is 0 Å². The van der Waals surface area contributed by atoms with Crippen LogP contribution in [0.5, 0.6) is 5.75 Å². The number of imide groups is 1. The number of methoxy groups -OCH3 is 1. The zero-order valence-electron chi connectivity index (χ0n) is 21.3. The van der Waals surface area contributed by atoms with E-state index in [-0.39, 0.29) is 61.0 Å². The molecule has 4 rings (SSSR count). The number of likely N-dealkylation sites (tertiary alicyclic amines) is 1. The summed E-state index contributed by atoms with van der Waals surface area (Å²) < 4.78 is 5.34. The number of rotatable bonds is 10. The van der Waals surface area contributed by atoms with Crippen molar-refractivity contribution in [2.24, 2.45) is 11.8 Å². The van der Waals surface area contributed by atoms with Crippen molar-refractivity contribution in [3.05, 3.63) is 42.0 Å². The van der Waals surface area contributed by atoms with E-state index in [0.717, 1.165) is 31.2 Å². The summed E-state index contributed by atoms with van der Waals surface area (Å²) in [5.41, 5.74) is 0.847. The maximum Gasteiger partial charge on any atom is 0.243 e. The Balaban J connectivity index is 1.49. The molecule has 2 aliphatic carbocycles. The van der Waals surface area contributed by atoms with Crippen molar-refractivity contribution >= 4 is 23.6 Å². The molecule has 1 heterocycles. The SMILES string of the molecule is CC[C@@H](C(=O)NC1CCCC1)N(Cc1cccc(OC)c1)C(=O)CCN1C(=O)[C@H]2CC=CC[C@H]2C1=O. The molecule has 0 bridgehead atoms. The Labute approximate surface area is 213 Å².